The number of rotatable bonds is 3. The molecule has 1 aromatic heterocycles. The highest BCUT2D eigenvalue weighted by Gasteiger charge is 2.22. The number of carbonyl (C=O) groups excluding carboxylic acids is 1. The largest absolute Gasteiger partial charge is 0.376 e. The molecule has 0 radical (unpaired) electrons. The van der Waals surface area contributed by atoms with Gasteiger partial charge in [-0.3, -0.25) is 15.1 Å². The predicted octanol–water partition coefficient (Wildman–Crippen LogP) is 1.73. The Morgan fingerprint density at radius 1 is 1.52 bits per heavy atom. The average molecular weight is 305 g/mol. The van der Waals surface area contributed by atoms with Crippen molar-refractivity contribution in [3.05, 3.63) is 34.7 Å². The number of hydrogen-bond donors (Lipinski definition) is 2. The van der Waals surface area contributed by atoms with Crippen LogP contribution in [0.4, 0.5) is 0 Å². The molecule has 2 aromatic rings. The zero-order valence-corrected chi connectivity index (χ0v) is 12.8. The van der Waals surface area contributed by atoms with Crippen molar-refractivity contribution in [2.45, 2.75) is 19.6 Å². The smallest absolute Gasteiger partial charge is 0.275 e. The van der Waals surface area contributed by atoms with E-state index in [1.54, 1.807) is 0 Å². The summed E-state index contributed by atoms with van der Waals surface area (Å²) in [5.41, 5.74) is 3.32. The van der Waals surface area contributed by atoms with Crippen LogP contribution in [-0.4, -0.2) is 36.6 Å². The minimum Gasteiger partial charge on any atom is -0.376 e. The first-order chi connectivity index (χ1) is 10.2. The van der Waals surface area contributed by atoms with Crippen molar-refractivity contribution in [1.82, 2.24) is 10.3 Å². The van der Waals surface area contributed by atoms with Crippen molar-refractivity contribution in [3.63, 3.8) is 0 Å². The first kappa shape index (κ1) is 14.5. The van der Waals surface area contributed by atoms with Crippen molar-refractivity contribution in [3.8, 4) is 0 Å². The Hall–Kier alpha value is -1.47. The van der Waals surface area contributed by atoms with Crippen LogP contribution in [0.3, 0.4) is 0 Å². The number of hydrogen-bond acceptors (Lipinski definition) is 5. The lowest BCUT2D eigenvalue weighted by molar-refractivity contribution is -0.0210. The summed E-state index contributed by atoms with van der Waals surface area (Å²) in [4.78, 5) is 15.1. The van der Waals surface area contributed by atoms with Crippen molar-refractivity contribution in [2.75, 3.05) is 19.7 Å². The van der Waals surface area contributed by atoms with Crippen LogP contribution < -0.4 is 11.3 Å². The molecule has 6 heteroatoms. The molecule has 1 aromatic carbocycles. The number of ether oxygens (including phenoxy) is 1. The lowest BCUT2D eigenvalue weighted by Gasteiger charge is -2.31. The van der Waals surface area contributed by atoms with Gasteiger partial charge in [-0.1, -0.05) is 18.2 Å². The van der Waals surface area contributed by atoms with Crippen LogP contribution >= 0.6 is 11.3 Å². The highest BCUT2D eigenvalue weighted by atomic mass is 32.1. The zero-order chi connectivity index (χ0) is 14.8. The second kappa shape index (κ2) is 6.11. The topological polar surface area (TPSA) is 67.6 Å². The van der Waals surface area contributed by atoms with Gasteiger partial charge in [0.1, 0.15) is 0 Å². The molecular formula is C15H19N3O2S. The van der Waals surface area contributed by atoms with Gasteiger partial charge in [0.25, 0.3) is 5.91 Å². The van der Waals surface area contributed by atoms with Gasteiger partial charge in [0, 0.05) is 24.3 Å². The van der Waals surface area contributed by atoms with E-state index in [0.717, 1.165) is 41.9 Å². The summed E-state index contributed by atoms with van der Waals surface area (Å²) in [6.45, 7) is 5.33. The predicted molar refractivity (Wildman–Crippen MR) is 84.2 cm³/mol. The van der Waals surface area contributed by atoms with Crippen LogP contribution in [0.15, 0.2) is 24.3 Å². The van der Waals surface area contributed by atoms with Crippen molar-refractivity contribution in [2.24, 2.45) is 5.84 Å². The van der Waals surface area contributed by atoms with Gasteiger partial charge < -0.3 is 4.74 Å². The molecular weight excluding hydrogens is 286 g/mol. The van der Waals surface area contributed by atoms with E-state index in [9.17, 15) is 4.79 Å². The Labute approximate surface area is 127 Å². The maximum Gasteiger partial charge on any atom is 0.275 e. The second-order valence-corrected chi connectivity index (χ2v) is 6.35. The van der Waals surface area contributed by atoms with Gasteiger partial charge in [0.05, 0.1) is 17.6 Å². The molecule has 1 fully saturated rings. The van der Waals surface area contributed by atoms with Crippen LogP contribution in [0.25, 0.3) is 10.1 Å². The second-order valence-electron chi connectivity index (χ2n) is 5.30. The number of morpholine rings is 1. The molecule has 3 rings (SSSR count). The zero-order valence-electron chi connectivity index (χ0n) is 12.0. The number of nitrogens with two attached hydrogens (primary N) is 1. The molecule has 0 aliphatic carbocycles. The number of hydrazine groups is 1. The molecule has 1 aliphatic rings. The van der Waals surface area contributed by atoms with Crippen LogP contribution in [0.1, 0.15) is 22.2 Å². The fraction of sp³-hybridized carbons (Fsp3) is 0.400. The number of amides is 1. The van der Waals surface area contributed by atoms with Crippen molar-refractivity contribution >= 4 is 27.3 Å². The number of nitrogen functional groups attached to an aromatic ring is 1. The van der Waals surface area contributed by atoms with E-state index in [2.05, 4.69) is 23.3 Å². The van der Waals surface area contributed by atoms with Gasteiger partial charge in [-0.2, -0.15) is 0 Å². The van der Waals surface area contributed by atoms with Gasteiger partial charge in [0.2, 0.25) is 0 Å². The summed E-state index contributed by atoms with van der Waals surface area (Å²) < 4.78 is 6.69. The number of nitrogens with one attached hydrogen (secondary N) is 1. The third-order valence-corrected chi connectivity index (χ3v) is 4.95. The number of nitrogens with zero attached hydrogens (tertiary/aromatic N) is 1. The fourth-order valence-electron chi connectivity index (χ4n) is 2.76. The van der Waals surface area contributed by atoms with E-state index in [1.807, 2.05) is 18.2 Å². The van der Waals surface area contributed by atoms with Crippen molar-refractivity contribution in [1.29, 1.82) is 0 Å². The first-order valence-electron chi connectivity index (χ1n) is 7.04. The fourth-order valence-corrected chi connectivity index (χ4v) is 3.88. The van der Waals surface area contributed by atoms with Crippen LogP contribution in [-0.2, 0) is 11.3 Å². The standard InChI is InChI=1S/C15H19N3O2S/c1-10-8-18(6-7-20-10)9-12-11-4-2-3-5-13(11)21-14(12)15(19)17-16/h2-5,10H,6-9,16H2,1H3,(H,17,19). The summed E-state index contributed by atoms with van der Waals surface area (Å²) in [5.74, 6) is 5.11. The SMILES string of the molecule is CC1CN(Cc2c(C(=O)NN)sc3ccccc23)CCO1. The lowest BCUT2D eigenvalue weighted by Crippen LogP contribution is -2.40. The quantitative estimate of drug-likeness (QED) is 0.515. The molecule has 1 saturated heterocycles. The van der Waals surface area contributed by atoms with E-state index >= 15 is 0 Å². The first-order valence-corrected chi connectivity index (χ1v) is 7.86. The molecule has 1 atom stereocenters. The normalized spacial score (nSPS) is 19.8. The molecule has 0 bridgehead atoms. The van der Waals surface area contributed by atoms with E-state index < -0.39 is 0 Å². The van der Waals surface area contributed by atoms with E-state index in [0.29, 0.717) is 4.88 Å². The number of fused-ring (bicyclic) bond motifs is 1. The Morgan fingerprint density at radius 3 is 3.10 bits per heavy atom. The molecule has 5 nitrogen and oxygen atoms in total. The molecule has 2 heterocycles. The number of benzene rings is 1. The van der Waals surface area contributed by atoms with Gasteiger partial charge in [-0.05, 0) is 23.9 Å². The Bertz CT molecular complexity index is 655. The molecule has 21 heavy (non-hydrogen) atoms. The molecule has 3 N–H and O–H groups in total. The monoisotopic (exact) mass is 305 g/mol. The van der Waals surface area contributed by atoms with E-state index in [4.69, 9.17) is 10.6 Å². The van der Waals surface area contributed by atoms with Gasteiger partial charge in [-0.25, -0.2) is 5.84 Å². The van der Waals surface area contributed by atoms with E-state index in [1.165, 1.54) is 11.3 Å². The molecule has 1 unspecified atom stereocenters. The number of thiophene rings is 1. The van der Waals surface area contributed by atoms with Crippen LogP contribution in [0.2, 0.25) is 0 Å². The lowest BCUT2D eigenvalue weighted by atomic mass is 10.1. The third-order valence-electron chi connectivity index (χ3n) is 3.74. The van der Waals surface area contributed by atoms with Crippen LogP contribution in [0, 0.1) is 0 Å². The third kappa shape index (κ3) is 2.94. The molecule has 0 spiro atoms. The number of carbonyl (C=O) groups is 1. The Balaban J connectivity index is 1.96. The molecule has 1 amide bonds. The maximum atomic E-state index is 12.0. The van der Waals surface area contributed by atoms with Gasteiger partial charge >= 0.3 is 0 Å². The summed E-state index contributed by atoms with van der Waals surface area (Å²) >= 11 is 1.50. The molecule has 0 saturated carbocycles. The van der Waals surface area contributed by atoms with Crippen molar-refractivity contribution < 1.29 is 9.53 Å². The summed E-state index contributed by atoms with van der Waals surface area (Å²) in [7, 11) is 0. The molecule has 1 aliphatic heterocycles. The molecule has 112 valence electrons. The van der Waals surface area contributed by atoms with Gasteiger partial charge in [0.15, 0.2) is 0 Å². The highest BCUT2D eigenvalue weighted by molar-refractivity contribution is 7.21. The van der Waals surface area contributed by atoms with Gasteiger partial charge in [-0.15, -0.1) is 11.3 Å². The maximum absolute atomic E-state index is 12.0. The average Bonchev–Trinajstić information content (AvgIpc) is 2.85. The Kier molecular flexibility index (Phi) is 4.21. The summed E-state index contributed by atoms with van der Waals surface area (Å²) in [5, 5.41) is 1.14. The van der Waals surface area contributed by atoms with E-state index in [-0.39, 0.29) is 12.0 Å². The highest BCUT2D eigenvalue weighted by Crippen LogP contribution is 2.32. The summed E-state index contributed by atoms with van der Waals surface area (Å²) in [6, 6.07) is 8.10. The minimum absolute atomic E-state index is 0.215. The Morgan fingerprint density at radius 2 is 2.33 bits per heavy atom. The van der Waals surface area contributed by atoms with Crippen LogP contribution in [0.5, 0.6) is 0 Å². The summed E-state index contributed by atoms with van der Waals surface area (Å²) in [6.07, 6.45) is 0.232. The minimum atomic E-state index is -0.215.